The van der Waals surface area contributed by atoms with Gasteiger partial charge in [0.15, 0.2) is 0 Å². The van der Waals surface area contributed by atoms with Gasteiger partial charge in [-0.15, -0.1) is 0 Å². The van der Waals surface area contributed by atoms with Gasteiger partial charge in [-0.25, -0.2) is 0 Å². The van der Waals surface area contributed by atoms with Crippen LogP contribution in [-0.4, -0.2) is 16.7 Å². The largest absolute Gasteiger partial charge is 0.270 e. The fourth-order valence-corrected chi connectivity index (χ4v) is 2.26. The molecule has 2 aromatic carbocycles. The average molecular weight is 251 g/mol. The lowest BCUT2D eigenvalue weighted by atomic mass is 10.1. The molecule has 0 aromatic heterocycles. The summed E-state index contributed by atoms with van der Waals surface area (Å²) < 4.78 is 0. The van der Waals surface area contributed by atoms with Crippen molar-refractivity contribution >= 4 is 11.8 Å². The van der Waals surface area contributed by atoms with Gasteiger partial charge >= 0.3 is 0 Å². The van der Waals surface area contributed by atoms with E-state index >= 15 is 0 Å². The van der Waals surface area contributed by atoms with E-state index in [2.05, 4.69) is 0 Å². The Kier molecular flexibility index (Phi) is 2.67. The Morgan fingerprint density at radius 1 is 0.842 bits per heavy atom. The molecule has 0 bridgehead atoms. The quantitative estimate of drug-likeness (QED) is 0.770. The lowest BCUT2D eigenvalue weighted by Gasteiger charge is -2.13. The third-order valence-electron chi connectivity index (χ3n) is 3.34. The molecular formula is C16H13NO2. The molecule has 3 rings (SSSR count). The van der Waals surface area contributed by atoms with Crippen molar-refractivity contribution < 1.29 is 9.59 Å². The van der Waals surface area contributed by atoms with Gasteiger partial charge in [-0.1, -0.05) is 42.0 Å². The SMILES string of the molecule is Cc1ccc(CN2C(=O)c3ccccc3C2=O)cc1. The zero-order valence-corrected chi connectivity index (χ0v) is 10.6. The van der Waals surface area contributed by atoms with Crippen molar-refractivity contribution in [2.24, 2.45) is 0 Å². The maximum atomic E-state index is 12.2. The molecule has 19 heavy (non-hydrogen) atoms. The number of imide groups is 1. The number of benzene rings is 2. The highest BCUT2D eigenvalue weighted by Gasteiger charge is 2.34. The summed E-state index contributed by atoms with van der Waals surface area (Å²) in [5.74, 6) is -0.414. The first-order valence-corrected chi connectivity index (χ1v) is 6.17. The number of hydrogen-bond acceptors (Lipinski definition) is 2. The van der Waals surface area contributed by atoms with E-state index < -0.39 is 0 Å². The Hall–Kier alpha value is -2.42. The molecule has 3 nitrogen and oxygen atoms in total. The number of carbonyl (C=O) groups excluding carboxylic acids is 2. The van der Waals surface area contributed by atoms with E-state index in [-0.39, 0.29) is 11.8 Å². The molecule has 94 valence electrons. The van der Waals surface area contributed by atoms with Crippen LogP contribution in [0.15, 0.2) is 48.5 Å². The van der Waals surface area contributed by atoms with Gasteiger partial charge in [-0.05, 0) is 24.6 Å². The smallest absolute Gasteiger partial charge is 0.261 e. The summed E-state index contributed by atoms with van der Waals surface area (Å²) in [6.07, 6.45) is 0. The fourth-order valence-electron chi connectivity index (χ4n) is 2.26. The molecule has 1 aliphatic heterocycles. The van der Waals surface area contributed by atoms with Crippen LogP contribution in [0.1, 0.15) is 31.8 Å². The monoisotopic (exact) mass is 251 g/mol. The van der Waals surface area contributed by atoms with Gasteiger partial charge in [0.25, 0.3) is 11.8 Å². The molecule has 0 unspecified atom stereocenters. The van der Waals surface area contributed by atoms with Crippen LogP contribution in [0.4, 0.5) is 0 Å². The van der Waals surface area contributed by atoms with E-state index in [1.807, 2.05) is 31.2 Å². The van der Waals surface area contributed by atoms with Crippen molar-refractivity contribution in [2.45, 2.75) is 13.5 Å². The first-order valence-electron chi connectivity index (χ1n) is 6.17. The van der Waals surface area contributed by atoms with Gasteiger partial charge < -0.3 is 0 Å². The molecule has 1 aliphatic rings. The number of fused-ring (bicyclic) bond motifs is 1. The Balaban J connectivity index is 1.90. The van der Waals surface area contributed by atoms with Crippen molar-refractivity contribution in [2.75, 3.05) is 0 Å². The standard InChI is InChI=1S/C16H13NO2/c1-11-6-8-12(9-7-11)10-17-15(18)13-4-2-3-5-14(13)16(17)19/h2-9H,10H2,1H3. The second-order valence-corrected chi connectivity index (χ2v) is 4.73. The first kappa shape index (κ1) is 11.7. The van der Waals surface area contributed by atoms with Gasteiger partial charge in [-0.2, -0.15) is 0 Å². The first-order chi connectivity index (χ1) is 9.16. The normalized spacial score (nSPS) is 13.8. The van der Waals surface area contributed by atoms with Crippen molar-refractivity contribution in [1.29, 1.82) is 0 Å². The number of hydrogen-bond donors (Lipinski definition) is 0. The van der Waals surface area contributed by atoms with Crippen LogP contribution < -0.4 is 0 Å². The Morgan fingerprint density at radius 3 is 1.89 bits per heavy atom. The minimum absolute atomic E-state index is 0.207. The van der Waals surface area contributed by atoms with Crippen LogP contribution in [-0.2, 0) is 6.54 Å². The van der Waals surface area contributed by atoms with Gasteiger partial charge in [0, 0.05) is 0 Å². The summed E-state index contributed by atoms with van der Waals surface area (Å²) >= 11 is 0. The van der Waals surface area contributed by atoms with Crippen LogP contribution in [0.2, 0.25) is 0 Å². The van der Waals surface area contributed by atoms with Crippen LogP contribution in [0.3, 0.4) is 0 Å². The highest BCUT2D eigenvalue weighted by molar-refractivity contribution is 6.21. The maximum absolute atomic E-state index is 12.2. The predicted molar refractivity (Wildman–Crippen MR) is 71.8 cm³/mol. The van der Waals surface area contributed by atoms with E-state index in [0.717, 1.165) is 11.1 Å². The molecule has 3 heteroatoms. The predicted octanol–water partition coefficient (Wildman–Crippen LogP) is 2.79. The van der Waals surface area contributed by atoms with Crippen LogP contribution in [0, 0.1) is 6.92 Å². The molecule has 2 aromatic rings. The summed E-state index contributed by atoms with van der Waals surface area (Å²) in [5, 5.41) is 0. The number of amides is 2. The molecule has 0 radical (unpaired) electrons. The molecule has 0 atom stereocenters. The molecule has 0 fully saturated rings. The van der Waals surface area contributed by atoms with Gasteiger partial charge in [-0.3, -0.25) is 14.5 Å². The Bertz CT molecular complexity index is 624. The zero-order chi connectivity index (χ0) is 13.4. The van der Waals surface area contributed by atoms with Gasteiger partial charge in [0.2, 0.25) is 0 Å². The van der Waals surface area contributed by atoms with Crippen molar-refractivity contribution in [3.05, 3.63) is 70.8 Å². The number of aryl methyl sites for hydroxylation is 1. The molecular weight excluding hydrogens is 238 g/mol. The second kappa shape index (κ2) is 4.35. The van der Waals surface area contributed by atoms with E-state index in [4.69, 9.17) is 0 Å². The van der Waals surface area contributed by atoms with Gasteiger partial charge in [0.1, 0.15) is 0 Å². The summed E-state index contributed by atoms with van der Waals surface area (Å²) in [5.41, 5.74) is 3.12. The molecule has 0 N–H and O–H groups in total. The summed E-state index contributed by atoms with van der Waals surface area (Å²) in [6.45, 7) is 2.33. The Morgan fingerprint density at radius 2 is 1.37 bits per heavy atom. The fraction of sp³-hybridized carbons (Fsp3) is 0.125. The van der Waals surface area contributed by atoms with Crippen molar-refractivity contribution in [3.8, 4) is 0 Å². The van der Waals surface area contributed by atoms with E-state index in [1.165, 1.54) is 4.90 Å². The summed E-state index contributed by atoms with van der Waals surface area (Å²) in [6, 6.07) is 14.8. The molecule has 0 aliphatic carbocycles. The van der Waals surface area contributed by atoms with Crippen molar-refractivity contribution in [3.63, 3.8) is 0 Å². The number of carbonyl (C=O) groups is 2. The summed E-state index contributed by atoms with van der Waals surface area (Å²) in [7, 11) is 0. The van der Waals surface area contributed by atoms with Crippen LogP contribution in [0.25, 0.3) is 0 Å². The molecule has 1 heterocycles. The zero-order valence-electron chi connectivity index (χ0n) is 10.6. The van der Waals surface area contributed by atoms with E-state index in [9.17, 15) is 9.59 Å². The van der Waals surface area contributed by atoms with Crippen LogP contribution >= 0.6 is 0 Å². The molecule has 0 saturated heterocycles. The molecule has 0 saturated carbocycles. The number of rotatable bonds is 2. The lowest BCUT2D eigenvalue weighted by Crippen LogP contribution is -2.29. The average Bonchev–Trinajstić information content (AvgIpc) is 2.67. The Labute approximate surface area is 111 Å². The lowest BCUT2D eigenvalue weighted by molar-refractivity contribution is 0.0642. The topological polar surface area (TPSA) is 37.4 Å². The van der Waals surface area contributed by atoms with Crippen LogP contribution in [0.5, 0.6) is 0 Å². The molecule has 2 amide bonds. The van der Waals surface area contributed by atoms with E-state index in [1.54, 1.807) is 24.3 Å². The highest BCUT2D eigenvalue weighted by atomic mass is 16.2. The summed E-state index contributed by atoms with van der Waals surface area (Å²) in [4.78, 5) is 25.7. The van der Waals surface area contributed by atoms with E-state index in [0.29, 0.717) is 17.7 Å². The van der Waals surface area contributed by atoms with Crippen molar-refractivity contribution in [1.82, 2.24) is 4.90 Å². The third kappa shape index (κ3) is 1.93. The van der Waals surface area contributed by atoms with Gasteiger partial charge in [0.05, 0.1) is 17.7 Å². The minimum atomic E-state index is -0.207. The third-order valence-corrected chi connectivity index (χ3v) is 3.34. The maximum Gasteiger partial charge on any atom is 0.261 e. The molecule has 0 spiro atoms. The minimum Gasteiger partial charge on any atom is -0.270 e. The second-order valence-electron chi connectivity index (χ2n) is 4.73. The highest BCUT2D eigenvalue weighted by Crippen LogP contribution is 2.24. The number of nitrogens with zero attached hydrogens (tertiary/aromatic N) is 1.